The van der Waals surface area contributed by atoms with Gasteiger partial charge in [0.15, 0.2) is 0 Å². The number of carbonyl (C=O) groups excluding carboxylic acids is 1. The van der Waals surface area contributed by atoms with Crippen LogP contribution in [0, 0.1) is 11.8 Å². The fourth-order valence-corrected chi connectivity index (χ4v) is 5.30. The van der Waals surface area contributed by atoms with E-state index >= 15 is 0 Å². The molecule has 2 fully saturated rings. The zero-order chi connectivity index (χ0) is 22.9. The molecule has 1 aliphatic heterocycles. The monoisotopic (exact) mass is 447 g/mol. The van der Waals surface area contributed by atoms with Gasteiger partial charge >= 0.3 is 0 Å². The largest absolute Gasteiger partial charge is 0.381 e. The van der Waals surface area contributed by atoms with Crippen molar-refractivity contribution in [3.8, 4) is 0 Å². The number of carbonyl (C=O) groups is 1. The summed E-state index contributed by atoms with van der Waals surface area (Å²) in [6, 6.07) is 0.377. The average molecular weight is 448 g/mol. The lowest BCUT2D eigenvalue weighted by Gasteiger charge is -2.38. The predicted octanol–water partition coefficient (Wildman–Crippen LogP) is 3.39. The van der Waals surface area contributed by atoms with E-state index in [1.165, 1.54) is 11.3 Å². The molecule has 0 spiro atoms. The topological polar surface area (TPSA) is 73.5 Å². The molecule has 7 heteroatoms. The maximum atomic E-state index is 13.3. The number of nitrogens with zero attached hydrogens (tertiary/aromatic N) is 3. The summed E-state index contributed by atoms with van der Waals surface area (Å²) in [4.78, 5) is 17.8. The molecule has 2 N–H and O–H groups in total. The van der Waals surface area contributed by atoms with Crippen molar-refractivity contribution in [3.63, 3.8) is 0 Å². The highest BCUT2D eigenvalue weighted by Crippen LogP contribution is 2.36. The van der Waals surface area contributed by atoms with Gasteiger partial charge in [-0.05, 0) is 64.5 Å². The molecule has 0 bridgehead atoms. The Labute approximate surface area is 194 Å². The number of hydrogen-bond donors (Lipinski definition) is 2. The lowest BCUT2D eigenvalue weighted by molar-refractivity contribution is -0.136. The Hall–Kier alpha value is -1.44. The Morgan fingerprint density at radius 1 is 1.22 bits per heavy atom. The number of amides is 1. The van der Waals surface area contributed by atoms with Crippen LogP contribution in [0.1, 0.15) is 76.0 Å². The van der Waals surface area contributed by atoms with E-state index < -0.39 is 0 Å². The van der Waals surface area contributed by atoms with Gasteiger partial charge < -0.3 is 19.9 Å². The van der Waals surface area contributed by atoms with E-state index in [-0.39, 0.29) is 0 Å². The third-order valence-corrected chi connectivity index (χ3v) is 7.15. The van der Waals surface area contributed by atoms with Gasteiger partial charge in [-0.15, -0.1) is 0 Å². The van der Waals surface area contributed by atoms with Gasteiger partial charge in [0, 0.05) is 69.5 Å². The molecule has 1 saturated carbocycles. The highest BCUT2D eigenvalue weighted by atomic mass is 16.5. The van der Waals surface area contributed by atoms with Crippen LogP contribution in [0.5, 0.6) is 0 Å². The third kappa shape index (κ3) is 7.29. The Morgan fingerprint density at radius 2 is 1.94 bits per heavy atom. The number of aromatic nitrogens is 2. The first-order chi connectivity index (χ1) is 15.5. The Morgan fingerprint density at radius 3 is 2.59 bits per heavy atom. The quantitative estimate of drug-likeness (QED) is 0.544. The van der Waals surface area contributed by atoms with Crippen LogP contribution < -0.4 is 5.32 Å². The average Bonchev–Trinajstić information content (AvgIpc) is 3.24. The van der Waals surface area contributed by atoms with Crippen LogP contribution in [-0.4, -0.2) is 78.9 Å². The van der Waals surface area contributed by atoms with Crippen LogP contribution in [0.3, 0.4) is 0 Å². The van der Waals surface area contributed by atoms with E-state index in [1.807, 2.05) is 7.05 Å². The molecule has 1 aromatic rings. The van der Waals surface area contributed by atoms with E-state index in [9.17, 15) is 4.79 Å². The molecule has 1 amide bonds. The molecular weight excluding hydrogens is 402 g/mol. The van der Waals surface area contributed by atoms with E-state index in [4.69, 9.17) is 4.74 Å². The minimum Gasteiger partial charge on any atom is -0.381 e. The molecular formula is C25H45N5O2. The van der Waals surface area contributed by atoms with Crippen LogP contribution in [0.2, 0.25) is 0 Å². The highest BCUT2D eigenvalue weighted by molar-refractivity contribution is 5.76. The summed E-state index contributed by atoms with van der Waals surface area (Å²) in [5.41, 5.74) is 2.56. The SMILES string of the molecule is CNCCN(C)Cc1c[nH]nc1[C@H]1CC[C@H](N(CC(C)C)C(=O)CC2CCOCC2)CC1. The van der Waals surface area contributed by atoms with Crippen molar-refractivity contribution in [1.29, 1.82) is 0 Å². The van der Waals surface area contributed by atoms with Gasteiger partial charge in [-0.1, -0.05) is 13.8 Å². The van der Waals surface area contributed by atoms with Crippen molar-refractivity contribution in [2.45, 2.75) is 77.3 Å². The van der Waals surface area contributed by atoms with Crippen molar-refractivity contribution in [3.05, 3.63) is 17.5 Å². The molecule has 3 rings (SSSR count). The van der Waals surface area contributed by atoms with Crippen molar-refractivity contribution < 1.29 is 9.53 Å². The fourth-order valence-electron chi connectivity index (χ4n) is 5.30. The number of rotatable bonds is 11. The Balaban J connectivity index is 1.56. The smallest absolute Gasteiger partial charge is 0.223 e. The molecule has 1 aromatic heterocycles. The first-order valence-corrected chi connectivity index (χ1v) is 12.7. The van der Waals surface area contributed by atoms with Crippen LogP contribution in [-0.2, 0) is 16.1 Å². The molecule has 32 heavy (non-hydrogen) atoms. The lowest BCUT2D eigenvalue weighted by atomic mass is 9.82. The van der Waals surface area contributed by atoms with Crippen molar-refractivity contribution in [1.82, 2.24) is 25.3 Å². The van der Waals surface area contributed by atoms with Gasteiger partial charge in [0.05, 0.1) is 5.69 Å². The second-order valence-electron chi connectivity index (χ2n) is 10.3. The normalized spacial score (nSPS) is 22.6. The fraction of sp³-hybridized carbons (Fsp3) is 0.840. The molecule has 0 radical (unpaired) electrons. The van der Waals surface area contributed by atoms with Gasteiger partial charge in [-0.2, -0.15) is 5.10 Å². The van der Waals surface area contributed by atoms with Crippen molar-refractivity contribution >= 4 is 5.91 Å². The van der Waals surface area contributed by atoms with Crippen molar-refractivity contribution in [2.75, 3.05) is 46.9 Å². The maximum Gasteiger partial charge on any atom is 0.223 e. The molecule has 1 aliphatic carbocycles. The Bertz CT molecular complexity index is 678. The molecule has 1 saturated heterocycles. The summed E-state index contributed by atoms with van der Waals surface area (Å²) in [7, 11) is 4.16. The molecule has 0 aromatic carbocycles. The first kappa shape index (κ1) is 25.2. The van der Waals surface area contributed by atoms with E-state index in [2.05, 4.69) is 52.4 Å². The summed E-state index contributed by atoms with van der Waals surface area (Å²) in [5, 5.41) is 11.0. The summed E-state index contributed by atoms with van der Waals surface area (Å²) in [6.07, 6.45) is 9.21. The van der Waals surface area contributed by atoms with Gasteiger partial charge in [0.1, 0.15) is 0 Å². The first-order valence-electron chi connectivity index (χ1n) is 12.7. The number of likely N-dealkylation sites (N-methyl/N-ethyl adjacent to an activating group) is 2. The second kappa shape index (κ2) is 12.7. The summed E-state index contributed by atoms with van der Waals surface area (Å²) in [6.45, 7) is 9.88. The Kier molecular flexibility index (Phi) is 10.0. The number of aromatic amines is 1. The van der Waals surface area contributed by atoms with Gasteiger partial charge in [0.2, 0.25) is 5.91 Å². The predicted molar refractivity (Wildman–Crippen MR) is 129 cm³/mol. The van der Waals surface area contributed by atoms with E-state index in [1.54, 1.807) is 0 Å². The molecule has 2 aliphatic rings. The molecule has 2 heterocycles. The zero-order valence-electron chi connectivity index (χ0n) is 20.7. The maximum absolute atomic E-state index is 13.3. The molecule has 182 valence electrons. The van der Waals surface area contributed by atoms with Gasteiger partial charge in [-0.3, -0.25) is 9.89 Å². The second-order valence-corrected chi connectivity index (χ2v) is 10.3. The van der Waals surface area contributed by atoms with Crippen LogP contribution in [0.25, 0.3) is 0 Å². The van der Waals surface area contributed by atoms with Gasteiger partial charge in [0.25, 0.3) is 0 Å². The van der Waals surface area contributed by atoms with E-state index in [0.29, 0.717) is 36.1 Å². The van der Waals surface area contributed by atoms with Crippen LogP contribution >= 0.6 is 0 Å². The summed E-state index contributed by atoms with van der Waals surface area (Å²) in [5.74, 6) is 1.85. The minimum absolute atomic E-state index is 0.362. The third-order valence-electron chi connectivity index (χ3n) is 7.15. The zero-order valence-corrected chi connectivity index (χ0v) is 20.7. The molecule has 0 atom stereocenters. The van der Waals surface area contributed by atoms with Crippen LogP contribution in [0.15, 0.2) is 6.20 Å². The molecule has 7 nitrogen and oxygen atoms in total. The number of ether oxygens (including phenoxy) is 1. The number of nitrogens with one attached hydrogen (secondary N) is 2. The summed E-state index contributed by atoms with van der Waals surface area (Å²) < 4.78 is 5.48. The standard InChI is InChI=1S/C25H45N5O2/c1-19(2)17-30(24(31)15-20-9-13-32-14-10-20)23-7-5-21(6-8-23)25-22(16-27-28-25)18-29(4)12-11-26-3/h16,19-21,23,26H,5-15,17-18H2,1-4H3,(H,27,28)/t21-,23-. The highest BCUT2D eigenvalue weighted by Gasteiger charge is 2.32. The van der Waals surface area contributed by atoms with E-state index in [0.717, 1.165) is 77.9 Å². The van der Waals surface area contributed by atoms with Crippen LogP contribution in [0.4, 0.5) is 0 Å². The van der Waals surface area contributed by atoms with Crippen molar-refractivity contribution in [2.24, 2.45) is 11.8 Å². The lowest BCUT2D eigenvalue weighted by Crippen LogP contribution is -2.45. The number of hydrogen-bond acceptors (Lipinski definition) is 5. The molecule has 0 unspecified atom stereocenters. The van der Waals surface area contributed by atoms with Gasteiger partial charge in [-0.25, -0.2) is 0 Å². The summed E-state index contributed by atoms with van der Waals surface area (Å²) >= 11 is 0. The number of H-pyrrole nitrogens is 1. The minimum atomic E-state index is 0.362.